The summed E-state index contributed by atoms with van der Waals surface area (Å²) in [4.78, 5) is 15.1. The van der Waals surface area contributed by atoms with Crippen molar-refractivity contribution in [2.45, 2.75) is 51.8 Å². The van der Waals surface area contributed by atoms with Crippen LogP contribution < -0.4 is 10.1 Å². The Kier molecular flexibility index (Phi) is 6.07. The van der Waals surface area contributed by atoms with E-state index in [1.807, 2.05) is 43.0 Å². The molecule has 3 heterocycles. The van der Waals surface area contributed by atoms with E-state index in [2.05, 4.69) is 10.5 Å². The Labute approximate surface area is 165 Å². The number of fused-ring (bicyclic) bond motifs is 2. The van der Waals surface area contributed by atoms with Crippen molar-refractivity contribution in [3.05, 3.63) is 46.8 Å². The van der Waals surface area contributed by atoms with E-state index >= 15 is 0 Å². The van der Waals surface area contributed by atoms with Gasteiger partial charge in [-0.1, -0.05) is 17.3 Å². The Hall–Kier alpha value is -2.05. The Balaban J connectivity index is 0.00000210. The summed E-state index contributed by atoms with van der Waals surface area (Å²) < 4.78 is 11.2. The summed E-state index contributed by atoms with van der Waals surface area (Å²) in [6, 6.07) is 8.46. The van der Waals surface area contributed by atoms with Crippen LogP contribution in [0.3, 0.4) is 0 Å². The minimum atomic E-state index is 0. The molecule has 1 amide bonds. The number of aryl methyl sites for hydroxylation is 2. The molecule has 146 valence electrons. The molecule has 6 nitrogen and oxygen atoms in total. The number of nitrogens with zero attached hydrogens (tertiary/aromatic N) is 2. The Morgan fingerprint density at radius 3 is 2.81 bits per heavy atom. The molecule has 27 heavy (non-hydrogen) atoms. The van der Waals surface area contributed by atoms with Crippen LogP contribution in [-0.4, -0.2) is 41.1 Å². The number of para-hydroxylation sites is 1. The molecule has 7 heteroatoms. The van der Waals surface area contributed by atoms with Gasteiger partial charge in [0.1, 0.15) is 18.1 Å². The SMILES string of the molecule is Cc1noc(C)c1COc1ccccc1C(=O)N1CCC2CCC(C1)N2.Cl. The molecule has 2 fully saturated rings. The van der Waals surface area contributed by atoms with Gasteiger partial charge in [-0.2, -0.15) is 0 Å². The van der Waals surface area contributed by atoms with Crippen molar-refractivity contribution in [1.29, 1.82) is 0 Å². The average Bonchev–Trinajstić information content (AvgIpc) is 3.14. The van der Waals surface area contributed by atoms with Crippen molar-refractivity contribution in [3.8, 4) is 5.75 Å². The lowest BCUT2D eigenvalue weighted by atomic mass is 10.1. The maximum absolute atomic E-state index is 13.1. The third-order valence-corrected chi connectivity index (χ3v) is 5.48. The third-order valence-electron chi connectivity index (χ3n) is 5.48. The van der Waals surface area contributed by atoms with Crippen molar-refractivity contribution in [1.82, 2.24) is 15.4 Å². The van der Waals surface area contributed by atoms with Gasteiger partial charge in [-0.3, -0.25) is 4.79 Å². The van der Waals surface area contributed by atoms with E-state index in [9.17, 15) is 4.79 Å². The van der Waals surface area contributed by atoms with E-state index in [1.54, 1.807) is 0 Å². The molecule has 2 unspecified atom stereocenters. The van der Waals surface area contributed by atoms with Crippen molar-refractivity contribution in [2.75, 3.05) is 13.1 Å². The molecule has 2 atom stereocenters. The summed E-state index contributed by atoms with van der Waals surface area (Å²) >= 11 is 0. The zero-order chi connectivity index (χ0) is 18.1. The summed E-state index contributed by atoms with van der Waals surface area (Å²) in [5.74, 6) is 1.41. The quantitative estimate of drug-likeness (QED) is 0.866. The summed E-state index contributed by atoms with van der Waals surface area (Å²) in [6.07, 6.45) is 3.40. The zero-order valence-corrected chi connectivity index (χ0v) is 16.6. The molecule has 0 spiro atoms. The predicted molar refractivity (Wildman–Crippen MR) is 104 cm³/mol. The lowest BCUT2D eigenvalue weighted by Crippen LogP contribution is -2.39. The van der Waals surface area contributed by atoms with Crippen LogP contribution in [0.15, 0.2) is 28.8 Å². The van der Waals surface area contributed by atoms with Crippen LogP contribution in [0, 0.1) is 13.8 Å². The van der Waals surface area contributed by atoms with Crippen molar-refractivity contribution >= 4 is 18.3 Å². The number of amides is 1. The first-order valence-corrected chi connectivity index (χ1v) is 9.30. The molecule has 1 aromatic heterocycles. The number of benzene rings is 1. The monoisotopic (exact) mass is 391 g/mol. The number of hydrogen-bond donors (Lipinski definition) is 1. The van der Waals surface area contributed by atoms with Gasteiger partial charge in [-0.15, -0.1) is 12.4 Å². The Morgan fingerprint density at radius 2 is 2.04 bits per heavy atom. The molecule has 2 aliphatic rings. The lowest BCUT2D eigenvalue weighted by molar-refractivity contribution is 0.0743. The molecular weight excluding hydrogens is 366 g/mol. The summed E-state index contributed by atoms with van der Waals surface area (Å²) in [7, 11) is 0. The number of halogens is 1. The molecular formula is C20H26ClN3O3. The third kappa shape index (κ3) is 4.12. The van der Waals surface area contributed by atoms with Crippen LogP contribution in [0.4, 0.5) is 0 Å². The smallest absolute Gasteiger partial charge is 0.257 e. The molecule has 1 aromatic carbocycles. The van der Waals surface area contributed by atoms with Crippen LogP contribution in [0.5, 0.6) is 5.75 Å². The number of hydrogen-bond acceptors (Lipinski definition) is 5. The Morgan fingerprint density at radius 1 is 1.26 bits per heavy atom. The fraction of sp³-hybridized carbons (Fsp3) is 0.500. The number of carbonyl (C=O) groups excluding carboxylic acids is 1. The number of ether oxygens (including phenoxy) is 1. The molecule has 2 aliphatic heterocycles. The largest absolute Gasteiger partial charge is 0.488 e. The maximum atomic E-state index is 13.1. The molecule has 0 aliphatic carbocycles. The molecule has 0 saturated carbocycles. The molecule has 2 bridgehead atoms. The lowest BCUT2D eigenvalue weighted by Gasteiger charge is -2.25. The van der Waals surface area contributed by atoms with Gasteiger partial charge in [0, 0.05) is 25.2 Å². The van der Waals surface area contributed by atoms with Crippen LogP contribution in [0.25, 0.3) is 0 Å². The van der Waals surface area contributed by atoms with Crippen LogP contribution in [0.2, 0.25) is 0 Å². The van der Waals surface area contributed by atoms with Crippen LogP contribution >= 0.6 is 12.4 Å². The van der Waals surface area contributed by atoms with Crippen molar-refractivity contribution < 1.29 is 14.1 Å². The molecule has 2 saturated heterocycles. The van der Waals surface area contributed by atoms with Gasteiger partial charge in [0.25, 0.3) is 5.91 Å². The first-order chi connectivity index (χ1) is 12.6. The van der Waals surface area contributed by atoms with E-state index in [0.717, 1.165) is 42.9 Å². The minimum absolute atomic E-state index is 0. The highest BCUT2D eigenvalue weighted by molar-refractivity contribution is 5.97. The second kappa shape index (κ2) is 8.31. The normalized spacial score (nSPS) is 21.5. The van der Waals surface area contributed by atoms with Gasteiger partial charge in [-0.05, 0) is 45.2 Å². The van der Waals surface area contributed by atoms with Gasteiger partial charge in [0.15, 0.2) is 0 Å². The van der Waals surface area contributed by atoms with E-state index in [-0.39, 0.29) is 18.3 Å². The number of nitrogens with one attached hydrogen (secondary N) is 1. The van der Waals surface area contributed by atoms with Gasteiger partial charge in [0.05, 0.1) is 16.8 Å². The molecule has 1 N–H and O–H groups in total. The number of aromatic nitrogens is 1. The number of likely N-dealkylation sites (tertiary alicyclic amines) is 1. The fourth-order valence-electron chi connectivity index (χ4n) is 3.92. The van der Waals surface area contributed by atoms with E-state index in [1.165, 1.54) is 6.42 Å². The number of rotatable bonds is 4. The van der Waals surface area contributed by atoms with Crippen LogP contribution in [0.1, 0.15) is 46.6 Å². The highest BCUT2D eigenvalue weighted by Crippen LogP contribution is 2.26. The first-order valence-electron chi connectivity index (χ1n) is 9.30. The number of carbonyl (C=O) groups is 1. The topological polar surface area (TPSA) is 67.6 Å². The minimum Gasteiger partial charge on any atom is -0.488 e. The highest BCUT2D eigenvalue weighted by Gasteiger charge is 2.32. The summed E-state index contributed by atoms with van der Waals surface area (Å²) in [5.41, 5.74) is 2.38. The van der Waals surface area contributed by atoms with Crippen LogP contribution in [-0.2, 0) is 6.61 Å². The van der Waals surface area contributed by atoms with Gasteiger partial charge >= 0.3 is 0 Å². The standard InChI is InChI=1S/C20H25N3O3.ClH/c1-13-18(14(2)26-22-13)12-25-19-6-4-3-5-17(19)20(24)23-10-9-15-7-8-16(11-23)21-15;/h3-6,15-16,21H,7-12H2,1-2H3;1H. The van der Waals surface area contributed by atoms with Crippen molar-refractivity contribution in [2.24, 2.45) is 0 Å². The van der Waals surface area contributed by atoms with Gasteiger partial charge < -0.3 is 19.5 Å². The second-order valence-corrected chi connectivity index (χ2v) is 7.27. The predicted octanol–water partition coefficient (Wildman–Crippen LogP) is 3.26. The maximum Gasteiger partial charge on any atom is 0.257 e. The second-order valence-electron chi connectivity index (χ2n) is 7.27. The zero-order valence-electron chi connectivity index (χ0n) is 15.7. The van der Waals surface area contributed by atoms with Gasteiger partial charge in [-0.25, -0.2) is 0 Å². The van der Waals surface area contributed by atoms with Crippen molar-refractivity contribution in [3.63, 3.8) is 0 Å². The average molecular weight is 392 g/mol. The molecule has 2 aromatic rings. The highest BCUT2D eigenvalue weighted by atomic mass is 35.5. The summed E-state index contributed by atoms with van der Waals surface area (Å²) in [6.45, 7) is 5.68. The first kappa shape index (κ1) is 19.7. The summed E-state index contributed by atoms with van der Waals surface area (Å²) in [5, 5.41) is 7.57. The Bertz CT molecular complexity index is 788. The van der Waals surface area contributed by atoms with E-state index in [0.29, 0.717) is 30.0 Å². The van der Waals surface area contributed by atoms with E-state index < -0.39 is 0 Å². The van der Waals surface area contributed by atoms with Gasteiger partial charge in [0.2, 0.25) is 0 Å². The molecule has 4 rings (SSSR count). The molecule has 0 radical (unpaired) electrons. The van der Waals surface area contributed by atoms with E-state index in [4.69, 9.17) is 9.26 Å². The fourth-order valence-corrected chi connectivity index (χ4v) is 3.92.